The second-order valence-electron chi connectivity index (χ2n) is 5.56. The molecule has 2 saturated heterocycles. The van der Waals surface area contributed by atoms with E-state index in [2.05, 4.69) is 5.32 Å². The minimum Gasteiger partial charge on any atom is -0.359 e. The Bertz CT molecular complexity index is 317. The van der Waals surface area contributed by atoms with E-state index in [0.717, 1.165) is 38.8 Å². The topological polar surface area (TPSA) is 52.7 Å². The van der Waals surface area contributed by atoms with Gasteiger partial charge >= 0.3 is 6.03 Å². The van der Waals surface area contributed by atoms with E-state index in [1.807, 2.05) is 9.80 Å². The lowest BCUT2D eigenvalue weighted by Crippen LogP contribution is -2.48. The number of carbonyl (C=O) groups is 2. The number of amides is 3. The zero-order valence-corrected chi connectivity index (χ0v) is 11.9. The Balaban J connectivity index is 1.83. The molecule has 19 heavy (non-hydrogen) atoms. The smallest absolute Gasteiger partial charge is 0.319 e. The Morgan fingerprint density at radius 3 is 1.95 bits per heavy atom. The van der Waals surface area contributed by atoms with Crippen molar-refractivity contribution in [3.8, 4) is 0 Å². The van der Waals surface area contributed by atoms with Gasteiger partial charge in [-0.25, -0.2) is 4.79 Å². The first-order valence-electron chi connectivity index (χ1n) is 7.48. The summed E-state index contributed by atoms with van der Waals surface area (Å²) in [5.74, 6) is 0.194. The van der Waals surface area contributed by atoms with Gasteiger partial charge in [-0.3, -0.25) is 4.79 Å². The summed E-state index contributed by atoms with van der Waals surface area (Å²) in [7, 11) is 1.68. The summed E-state index contributed by atoms with van der Waals surface area (Å²) in [6.07, 6.45) is 6.31. The zero-order valence-electron chi connectivity index (χ0n) is 11.9. The minimum absolute atomic E-state index is 0.0817. The lowest BCUT2D eigenvalue weighted by atomic mass is 9.96. The minimum atomic E-state index is 0.0817. The molecule has 5 heteroatoms. The van der Waals surface area contributed by atoms with Crippen molar-refractivity contribution in [2.24, 2.45) is 5.92 Å². The van der Waals surface area contributed by atoms with Gasteiger partial charge in [0.05, 0.1) is 0 Å². The predicted octanol–water partition coefficient (Wildman–Crippen LogP) is 1.44. The van der Waals surface area contributed by atoms with Crippen molar-refractivity contribution in [1.82, 2.24) is 15.1 Å². The molecule has 5 nitrogen and oxygen atoms in total. The number of piperidine rings is 1. The lowest BCUT2D eigenvalue weighted by Gasteiger charge is -2.35. The molecule has 0 spiro atoms. The number of nitrogens with zero attached hydrogens (tertiary/aromatic N) is 2. The molecule has 0 aromatic carbocycles. The first-order valence-corrected chi connectivity index (χ1v) is 7.48. The van der Waals surface area contributed by atoms with Crippen molar-refractivity contribution in [2.45, 2.75) is 38.5 Å². The molecule has 0 aromatic heterocycles. The van der Waals surface area contributed by atoms with E-state index in [0.29, 0.717) is 13.1 Å². The van der Waals surface area contributed by atoms with Gasteiger partial charge in [0.2, 0.25) is 5.91 Å². The quantitative estimate of drug-likeness (QED) is 0.781. The van der Waals surface area contributed by atoms with Crippen LogP contribution in [0.25, 0.3) is 0 Å². The van der Waals surface area contributed by atoms with Crippen LogP contribution < -0.4 is 5.32 Å². The van der Waals surface area contributed by atoms with Crippen LogP contribution in [0.3, 0.4) is 0 Å². The van der Waals surface area contributed by atoms with E-state index in [4.69, 9.17) is 0 Å². The summed E-state index contributed by atoms with van der Waals surface area (Å²) >= 11 is 0. The molecule has 0 unspecified atom stereocenters. The zero-order chi connectivity index (χ0) is 13.7. The number of rotatable bonds is 1. The maximum atomic E-state index is 12.4. The second kappa shape index (κ2) is 6.78. The average Bonchev–Trinajstić information content (AvgIpc) is 2.75. The highest BCUT2D eigenvalue weighted by atomic mass is 16.2. The number of carbonyl (C=O) groups excluding carboxylic acids is 2. The van der Waals surface area contributed by atoms with Crippen LogP contribution in [0, 0.1) is 5.92 Å². The fourth-order valence-corrected chi connectivity index (χ4v) is 3.00. The lowest BCUT2D eigenvalue weighted by molar-refractivity contribution is -0.125. The van der Waals surface area contributed by atoms with Gasteiger partial charge < -0.3 is 15.1 Å². The monoisotopic (exact) mass is 267 g/mol. The van der Waals surface area contributed by atoms with E-state index < -0.39 is 0 Å². The fourth-order valence-electron chi connectivity index (χ4n) is 3.00. The highest BCUT2D eigenvalue weighted by Gasteiger charge is 2.29. The summed E-state index contributed by atoms with van der Waals surface area (Å²) in [6.45, 7) is 3.23. The molecule has 2 aliphatic heterocycles. The largest absolute Gasteiger partial charge is 0.359 e. The van der Waals surface area contributed by atoms with Crippen LogP contribution in [0.1, 0.15) is 38.5 Å². The molecular weight excluding hydrogens is 242 g/mol. The Morgan fingerprint density at radius 2 is 1.42 bits per heavy atom. The molecule has 2 rings (SSSR count). The van der Waals surface area contributed by atoms with Crippen LogP contribution in [0.4, 0.5) is 4.79 Å². The standard InChI is InChI=1S/C14H25N3O2/c1-15-13(18)12-6-10-17(11-7-12)14(19)16-8-4-2-3-5-9-16/h12H,2-11H2,1H3,(H,15,18). The first-order chi connectivity index (χ1) is 9.22. The number of urea groups is 1. The molecule has 0 aliphatic carbocycles. The average molecular weight is 267 g/mol. The molecule has 0 saturated carbocycles. The molecular formula is C14H25N3O2. The summed E-state index contributed by atoms with van der Waals surface area (Å²) < 4.78 is 0. The van der Waals surface area contributed by atoms with Gasteiger partial charge in [0, 0.05) is 39.1 Å². The van der Waals surface area contributed by atoms with E-state index in [1.165, 1.54) is 12.8 Å². The van der Waals surface area contributed by atoms with Crippen molar-refractivity contribution < 1.29 is 9.59 Å². The Morgan fingerprint density at radius 1 is 0.895 bits per heavy atom. The van der Waals surface area contributed by atoms with Crippen molar-refractivity contribution in [2.75, 3.05) is 33.2 Å². The highest BCUT2D eigenvalue weighted by molar-refractivity contribution is 5.79. The molecule has 0 atom stereocenters. The fraction of sp³-hybridized carbons (Fsp3) is 0.857. The second-order valence-corrected chi connectivity index (χ2v) is 5.56. The third-order valence-corrected chi connectivity index (χ3v) is 4.26. The number of hydrogen-bond acceptors (Lipinski definition) is 2. The number of nitrogens with one attached hydrogen (secondary N) is 1. The van der Waals surface area contributed by atoms with Crippen LogP contribution in [-0.2, 0) is 4.79 Å². The number of likely N-dealkylation sites (tertiary alicyclic amines) is 2. The molecule has 1 N–H and O–H groups in total. The molecule has 108 valence electrons. The van der Waals surface area contributed by atoms with Gasteiger partial charge in [-0.2, -0.15) is 0 Å². The van der Waals surface area contributed by atoms with Gasteiger partial charge in [0.15, 0.2) is 0 Å². The van der Waals surface area contributed by atoms with Crippen molar-refractivity contribution in [1.29, 1.82) is 0 Å². The number of hydrogen-bond donors (Lipinski definition) is 1. The van der Waals surface area contributed by atoms with Crippen molar-refractivity contribution >= 4 is 11.9 Å². The Labute approximate surface area is 115 Å². The van der Waals surface area contributed by atoms with Crippen LogP contribution in [-0.4, -0.2) is 55.0 Å². The van der Waals surface area contributed by atoms with E-state index in [9.17, 15) is 9.59 Å². The van der Waals surface area contributed by atoms with Crippen LogP contribution in [0.5, 0.6) is 0 Å². The maximum absolute atomic E-state index is 12.4. The molecule has 0 bridgehead atoms. The SMILES string of the molecule is CNC(=O)C1CCN(C(=O)N2CCCCCC2)CC1. The van der Waals surface area contributed by atoms with Gasteiger partial charge in [0.25, 0.3) is 0 Å². The summed E-state index contributed by atoms with van der Waals surface area (Å²) in [5, 5.41) is 2.70. The van der Waals surface area contributed by atoms with Gasteiger partial charge in [-0.15, -0.1) is 0 Å². The molecule has 2 fully saturated rings. The van der Waals surface area contributed by atoms with Gasteiger partial charge in [-0.05, 0) is 25.7 Å². The Hall–Kier alpha value is -1.26. The van der Waals surface area contributed by atoms with Gasteiger partial charge in [-0.1, -0.05) is 12.8 Å². The summed E-state index contributed by atoms with van der Waals surface area (Å²) in [5.41, 5.74) is 0. The van der Waals surface area contributed by atoms with Crippen LogP contribution in [0.2, 0.25) is 0 Å². The molecule has 2 aliphatic rings. The third-order valence-electron chi connectivity index (χ3n) is 4.26. The van der Waals surface area contributed by atoms with E-state index >= 15 is 0 Å². The van der Waals surface area contributed by atoms with Crippen molar-refractivity contribution in [3.63, 3.8) is 0 Å². The molecule has 2 heterocycles. The normalized spacial score (nSPS) is 21.9. The molecule has 0 aromatic rings. The van der Waals surface area contributed by atoms with E-state index in [1.54, 1.807) is 7.05 Å². The highest BCUT2D eigenvalue weighted by Crippen LogP contribution is 2.19. The maximum Gasteiger partial charge on any atom is 0.319 e. The van der Waals surface area contributed by atoms with Crippen LogP contribution in [0.15, 0.2) is 0 Å². The molecule has 0 radical (unpaired) electrons. The summed E-state index contributed by atoms with van der Waals surface area (Å²) in [6, 6.07) is 0.178. The summed E-state index contributed by atoms with van der Waals surface area (Å²) in [4.78, 5) is 27.9. The first kappa shape index (κ1) is 14.2. The Kier molecular flexibility index (Phi) is 5.05. The van der Waals surface area contributed by atoms with E-state index in [-0.39, 0.29) is 17.9 Å². The van der Waals surface area contributed by atoms with Crippen LogP contribution >= 0.6 is 0 Å². The molecule has 3 amide bonds. The predicted molar refractivity (Wildman–Crippen MR) is 73.8 cm³/mol. The third kappa shape index (κ3) is 3.61. The van der Waals surface area contributed by atoms with Gasteiger partial charge in [0.1, 0.15) is 0 Å². The van der Waals surface area contributed by atoms with Crippen molar-refractivity contribution in [3.05, 3.63) is 0 Å².